The highest BCUT2D eigenvalue weighted by atomic mass is 19.4. The van der Waals surface area contributed by atoms with Gasteiger partial charge in [-0.25, -0.2) is 0 Å². The number of rotatable bonds is 18. The number of nitrogens with one attached hydrogen (secondary N) is 4. The zero-order valence-corrected chi connectivity index (χ0v) is 63.0. The quantitative estimate of drug-likeness (QED) is 0.128. The van der Waals surface area contributed by atoms with Gasteiger partial charge in [-0.3, -0.25) is 52.7 Å². The van der Waals surface area contributed by atoms with Crippen LogP contribution < -0.4 is 21.3 Å². The number of aldehydes is 1. The lowest BCUT2D eigenvalue weighted by Crippen LogP contribution is -2.66. The molecule has 2 aliphatic rings. The van der Waals surface area contributed by atoms with Crippen LogP contribution in [0.1, 0.15) is 151 Å². The molecule has 0 bridgehead atoms. The maximum absolute atomic E-state index is 15.7. The average molecular weight is 1440 g/mol. The van der Waals surface area contributed by atoms with E-state index in [1.165, 1.54) is 75.9 Å². The van der Waals surface area contributed by atoms with E-state index < -0.39 is 182 Å². The highest BCUT2D eigenvalue weighted by molar-refractivity contribution is 5.99. The van der Waals surface area contributed by atoms with Crippen molar-refractivity contribution in [3.05, 3.63) is 71.8 Å². The second-order valence-electron chi connectivity index (χ2n) is 29.3. The number of piperidine rings is 1. The predicted octanol–water partition coefficient (Wildman–Crippen LogP) is 4.61. The van der Waals surface area contributed by atoms with E-state index in [9.17, 15) is 56.6 Å². The van der Waals surface area contributed by atoms with Crippen LogP contribution in [0.3, 0.4) is 0 Å². The molecule has 0 aliphatic carbocycles. The van der Waals surface area contributed by atoms with E-state index in [4.69, 9.17) is 0 Å². The predicted molar refractivity (Wildman–Crippen MR) is 380 cm³/mol. The molecule has 0 radical (unpaired) electrons. The van der Waals surface area contributed by atoms with Crippen molar-refractivity contribution in [2.45, 2.75) is 225 Å². The largest absolute Gasteiger partial charge is 0.414 e. The lowest BCUT2D eigenvalue weighted by atomic mass is 9.84. The first-order chi connectivity index (χ1) is 47.7. The summed E-state index contributed by atoms with van der Waals surface area (Å²) in [5.41, 5.74) is -0.663. The van der Waals surface area contributed by atoms with Crippen LogP contribution >= 0.6 is 0 Å². The van der Waals surface area contributed by atoms with Crippen molar-refractivity contribution in [1.29, 1.82) is 0 Å². The molecule has 570 valence electrons. The lowest BCUT2D eigenvalue weighted by molar-refractivity contribution is -0.205. The molecule has 2 aromatic rings. The number of carbonyl (C=O) groups is 12. The van der Waals surface area contributed by atoms with Crippen LogP contribution in [0.4, 0.5) is 13.2 Å². The van der Waals surface area contributed by atoms with E-state index in [0.29, 0.717) is 43.3 Å². The average Bonchev–Trinajstić information content (AvgIpc) is 0.788. The molecule has 0 spiro atoms. The standard InChI is InChI=1S/C74H115F3N12O13/c1-18-57-71(101)86(15)59(40-51-29-22-19-23-30-51)66(96)80-55(38-47(4)5)69(99)87(16)60(41-52-31-24-20-25-32-52)72(102)88(17)73(45-90,49(8)9)44-78-53(33-28-34-61(91)74(75,76)77)67(97)82(11)43-63(93)84(13)58(39-48(6)7)65(95)81-56(70(100)89-35-26-21-27-36-89)42-62(92)83(12)50(10)64(94)79-54(37-46(2)3)68(98)85(57)14/h19-20,22-25,29-32,45-50,53-61,78,91H,18,21,26-28,33-44H2,1-17H3,(H,79,94)(H,80,96)(H,81,95)/t50-,53-,54-,55-,56-,57-,58-,59-,60-,61?,73+/m0/s1. The summed E-state index contributed by atoms with van der Waals surface area (Å²) in [6, 6.07) is 5.34. The first kappa shape index (κ1) is 86.4. The number of likely N-dealkylation sites (tertiary alicyclic amines) is 1. The second kappa shape index (κ2) is 39.6. The Balaban J connectivity index is 1.99. The van der Waals surface area contributed by atoms with Crippen molar-refractivity contribution in [1.82, 2.24) is 60.5 Å². The molecule has 102 heavy (non-hydrogen) atoms. The van der Waals surface area contributed by atoms with Crippen molar-refractivity contribution >= 4 is 71.3 Å². The molecule has 0 aromatic heterocycles. The third-order valence-corrected chi connectivity index (χ3v) is 20.0. The van der Waals surface area contributed by atoms with E-state index in [1.807, 2.05) is 27.7 Å². The molecule has 1 unspecified atom stereocenters. The fourth-order valence-corrected chi connectivity index (χ4v) is 13.1. The molecule has 2 aliphatic heterocycles. The lowest BCUT2D eigenvalue weighted by Gasteiger charge is -2.44. The Labute approximate surface area is 601 Å². The molecule has 2 heterocycles. The highest BCUT2D eigenvalue weighted by Gasteiger charge is 2.47. The van der Waals surface area contributed by atoms with Gasteiger partial charge in [0.05, 0.1) is 19.0 Å². The summed E-state index contributed by atoms with van der Waals surface area (Å²) in [5, 5.41) is 21.6. The molecular weight excluding hydrogens is 1320 g/mol. The van der Waals surface area contributed by atoms with Gasteiger partial charge in [0.2, 0.25) is 65.0 Å². The zero-order valence-electron chi connectivity index (χ0n) is 63.0. The Morgan fingerprint density at radius 2 is 1.06 bits per heavy atom. The normalized spacial score (nSPS) is 25.7. The molecule has 25 nitrogen and oxygen atoms in total. The minimum absolute atomic E-state index is 0.0116. The van der Waals surface area contributed by atoms with Crippen LogP contribution in [-0.4, -0.2) is 263 Å². The Bertz CT molecular complexity index is 3160. The van der Waals surface area contributed by atoms with Crippen molar-refractivity contribution < 1.29 is 75.8 Å². The molecule has 2 aromatic carbocycles. The van der Waals surface area contributed by atoms with E-state index in [0.717, 1.165) is 26.0 Å². The third-order valence-electron chi connectivity index (χ3n) is 20.0. The first-order valence-corrected chi connectivity index (χ1v) is 35.8. The van der Waals surface area contributed by atoms with Gasteiger partial charge in [0, 0.05) is 81.8 Å². The number of amides is 11. The van der Waals surface area contributed by atoms with Gasteiger partial charge in [-0.15, -0.1) is 0 Å². The second-order valence-corrected chi connectivity index (χ2v) is 29.3. The molecule has 2 saturated heterocycles. The maximum Gasteiger partial charge on any atom is 0.414 e. The van der Waals surface area contributed by atoms with Gasteiger partial charge < -0.3 is 70.4 Å². The molecule has 11 atom stereocenters. The van der Waals surface area contributed by atoms with Crippen LogP contribution in [0, 0.1) is 23.7 Å². The molecule has 11 amide bonds. The van der Waals surface area contributed by atoms with Crippen molar-refractivity contribution in [3.8, 4) is 0 Å². The highest BCUT2D eigenvalue weighted by Crippen LogP contribution is 2.29. The molecule has 4 rings (SSSR count). The number of nitrogens with zero attached hydrogens (tertiary/aromatic N) is 8. The molecule has 5 N–H and O–H groups in total. The van der Waals surface area contributed by atoms with Crippen molar-refractivity contribution in [2.75, 3.05) is 75.5 Å². The number of benzene rings is 2. The summed E-state index contributed by atoms with van der Waals surface area (Å²) >= 11 is 0. The Kier molecular flexibility index (Phi) is 33.5. The molecule has 28 heteroatoms. The SMILES string of the molecule is CC[C@H]1C(=O)N(C)[C@@H](Cc2ccccc2)C(=O)N[C@@H](CC(C)C)C(=O)N(C)[C@@H](Cc2ccccc2)C(=O)N(C)[C@](C=O)(C(C)C)CN[C@@H](CCCC(O)C(F)(F)F)C(=O)N(C)CC(=O)N(C)[C@@H](CC(C)C)C(=O)N[C@H](C(=O)N2CCCCC2)CC(=O)N(C)[C@@H](C)C(=O)N[C@@H](CC(C)C)C(=O)N1C. The van der Waals surface area contributed by atoms with E-state index in [1.54, 1.807) is 95.3 Å². The monoisotopic (exact) mass is 1440 g/mol. The van der Waals surface area contributed by atoms with Crippen LogP contribution in [0.5, 0.6) is 0 Å². The molecule has 2 fully saturated rings. The molecule has 0 saturated carbocycles. The number of carbonyl (C=O) groups excluding carboxylic acids is 12. The van der Waals surface area contributed by atoms with Gasteiger partial charge in [-0.2, -0.15) is 13.2 Å². The van der Waals surface area contributed by atoms with Gasteiger partial charge in [0.25, 0.3) is 0 Å². The summed E-state index contributed by atoms with van der Waals surface area (Å²) in [6.45, 7) is 16.7. The summed E-state index contributed by atoms with van der Waals surface area (Å²) in [6.07, 6.45) is -7.49. The Morgan fingerprint density at radius 1 is 0.578 bits per heavy atom. The minimum atomic E-state index is -5.01. The maximum atomic E-state index is 15.7. The van der Waals surface area contributed by atoms with Gasteiger partial charge >= 0.3 is 6.18 Å². The number of aliphatic hydroxyl groups excluding tert-OH is 1. The van der Waals surface area contributed by atoms with Crippen molar-refractivity contribution in [3.63, 3.8) is 0 Å². The number of alkyl halides is 3. The summed E-state index contributed by atoms with van der Waals surface area (Å²) in [4.78, 5) is 188. The Hall–Kier alpha value is -8.01. The van der Waals surface area contributed by atoms with Crippen LogP contribution in [0.25, 0.3) is 0 Å². The fraction of sp³-hybridized carbons (Fsp3) is 0.676. The smallest absolute Gasteiger partial charge is 0.384 e. The van der Waals surface area contributed by atoms with E-state index >= 15 is 19.2 Å². The zero-order chi connectivity index (χ0) is 76.8. The van der Waals surface area contributed by atoms with Gasteiger partial charge in [-0.1, -0.05) is 123 Å². The third kappa shape index (κ3) is 23.8. The number of likely N-dealkylation sites (N-methyl/N-ethyl adjacent to an activating group) is 7. The topological polar surface area (TPSA) is 299 Å². The Morgan fingerprint density at radius 3 is 1.54 bits per heavy atom. The van der Waals surface area contributed by atoms with Crippen LogP contribution in [0.2, 0.25) is 0 Å². The minimum Gasteiger partial charge on any atom is -0.384 e. The number of aliphatic hydroxyl groups is 1. The van der Waals surface area contributed by atoms with E-state index in [-0.39, 0.29) is 56.3 Å². The summed E-state index contributed by atoms with van der Waals surface area (Å²) in [7, 11) is 9.47. The summed E-state index contributed by atoms with van der Waals surface area (Å²) < 4.78 is 41.3. The first-order valence-electron chi connectivity index (χ1n) is 35.8. The number of hydrogen-bond donors (Lipinski definition) is 5. The van der Waals surface area contributed by atoms with Crippen LogP contribution in [-0.2, 0) is 70.4 Å². The molecular formula is C74H115F3N12O13. The van der Waals surface area contributed by atoms with Crippen molar-refractivity contribution in [2.24, 2.45) is 23.7 Å². The number of halogens is 3. The fourth-order valence-electron chi connectivity index (χ4n) is 13.1. The summed E-state index contributed by atoms with van der Waals surface area (Å²) in [5.74, 6) is -9.68. The van der Waals surface area contributed by atoms with Crippen LogP contribution in [0.15, 0.2) is 60.7 Å². The number of hydrogen-bond acceptors (Lipinski definition) is 14. The van der Waals surface area contributed by atoms with Gasteiger partial charge in [-0.05, 0) is 106 Å². The van der Waals surface area contributed by atoms with Gasteiger partial charge in [0.1, 0.15) is 66.3 Å². The van der Waals surface area contributed by atoms with E-state index in [2.05, 4.69) is 21.3 Å². The van der Waals surface area contributed by atoms with Gasteiger partial charge in [0.15, 0.2) is 0 Å².